The van der Waals surface area contributed by atoms with Crippen LogP contribution in [0.4, 0.5) is 29.3 Å². The summed E-state index contributed by atoms with van der Waals surface area (Å²) in [4.78, 5) is 23.8. The van der Waals surface area contributed by atoms with Crippen LogP contribution < -0.4 is 15.5 Å². The Morgan fingerprint density at radius 2 is 1.77 bits per heavy atom. The number of hydrogen-bond acceptors (Lipinski definition) is 5. The first-order valence-electron chi connectivity index (χ1n) is 11.5. The van der Waals surface area contributed by atoms with Gasteiger partial charge in [0, 0.05) is 38.0 Å². The molecule has 6 nitrogen and oxygen atoms in total. The maximum absolute atomic E-state index is 13.5. The zero-order valence-corrected chi connectivity index (χ0v) is 19.5. The van der Waals surface area contributed by atoms with Crippen LogP contribution in [0.3, 0.4) is 0 Å². The Balaban J connectivity index is 1.33. The predicted octanol–water partition coefficient (Wildman–Crippen LogP) is 5.14. The topological polar surface area (TPSA) is 70.2 Å². The zero-order chi connectivity index (χ0) is 25.2. The standard InChI is InChI=1S/C25H27F4N5O/c1-34(2)22-18-5-3-4-6-21(18)32-24(33-22)31-17-10-8-16(9-11-17)23(35)30-14-15-7-12-20(26)19(13-15)25(27,28)29/h3-7,12-13,16-17H,8-11,14H2,1-2H3,(H,30,35)(H,31,32,33). The molecule has 0 saturated heterocycles. The number of hydrogen-bond donors (Lipinski definition) is 2. The summed E-state index contributed by atoms with van der Waals surface area (Å²) >= 11 is 0. The molecule has 3 aromatic rings. The molecule has 1 aliphatic rings. The molecule has 4 rings (SSSR count). The highest BCUT2D eigenvalue weighted by Crippen LogP contribution is 2.32. The first-order chi connectivity index (χ1) is 16.6. The molecule has 0 spiro atoms. The van der Waals surface area contributed by atoms with Gasteiger partial charge in [-0.25, -0.2) is 9.37 Å². The molecule has 1 aliphatic carbocycles. The lowest BCUT2D eigenvalue weighted by molar-refractivity contribution is -0.140. The minimum absolute atomic E-state index is 0.0847. The fourth-order valence-corrected chi connectivity index (χ4v) is 4.38. The van der Waals surface area contributed by atoms with Crippen molar-refractivity contribution < 1.29 is 22.4 Å². The molecule has 2 aromatic carbocycles. The first kappa shape index (κ1) is 24.7. The van der Waals surface area contributed by atoms with E-state index in [1.165, 1.54) is 6.07 Å². The average molecular weight is 490 g/mol. The average Bonchev–Trinajstić information content (AvgIpc) is 2.82. The molecule has 0 atom stereocenters. The summed E-state index contributed by atoms with van der Waals surface area (Å²) in [6, 6.07) is 10.7. The second-order valence-corrected chi connectivity index (χ2v) is 9.01. The highest BCUT2D eigenvalue weighted by atomic mass is 19.4. The van der Waals surface area contributed by atoms with Gasteiger partial charge in [0.1, 0.15) is 11.6 Å². The van der Waals surface area contributed by atoms with Crippen molar-refractivity contribution in [3.05, 3.63) is 59.4 Å². The van der Waals surface area contributed by atoms with Crippen molar-refractivity contribution in [3.63, 3.8) is 0 Å². The SMILES string of the molecule is CN(C)c1nc(NC2CCC(C(=O)NCc3ccc(F)c(C(F)(F)F)c3)CC2)nc2ccccc12. The molecule has 2 N–H and O–H groups in total. The Labute approximate surface area is 200 Å². The lowest BCUT2D eigenvalue weighted by Crippen LogP contribution is -2.36. The van der Waals surface area contributed by atoms with Crippen LogP contribution in [-0.2, 0) is 17.5 Å². The monoisotopic (exact) mass is 489 g/mol. The number of nitrogens with one attached hydrogen (secondary N) is 2. The van der Waals surface area contributed by atoms with Crippen molar-refractivity contribution >= 4 is 28.6 Å². The van der Waals surface area contributed by atoms with Crippen molar-refractivity contribution in [3.8, 4) is 0 Å². The molecule has 0 unspecified atom stereocenters. The Hall–Kier alpha value is -3.43. The highest BCUT2D eigenvalue weighted by Gasteiger charge is 2.34. The minimum atomic E-state index is -4.78. The summed E-state index contributed by atoms with van der Waals surface area (Å²) in [7, 11) is 3.86. The number of benzene rings is 2. The molecule has 0 bridgehead atoms. The molecule has 186 valence electrons. The molecule has 1 fully saturated rings. The summed E-state index contributed by atoms with van der Waals surface area (Å²) in [5, 5.41) is 7.05. The summed E-state index contributed by atoms with van der Waals surface area (Å²) in [6.07, 6.45) is -2.04. The van der Waals surface area contributed by atoms with Gasteiger partial charge >= 0.3 is 6.18 Å². The molecule has 0 radical (unpaired) electrons. The Morgan fingerprint density at radius 1 is 1.06 bits per heavy atom. The van der Waals surface area contributed by atoms with E-state index in [9.17, 15) is 22.4 Å². The fourth-order valence-electron chi connectivity index (χ4n) is 4.38. The quantitative estimate of drug-likeness (QED) is 0.469. The van der Waals surface area contributed by atoms with Crippen molar-refractivity contribution in [2.24, 2.45) is 5.92 Å². The molecule has 1 saturated carbocycles. The van der Waals surface area contributed by atoms with Gasteiger partial charge in [0.15, 0.2) is 0 Å². The molecule has 10 heteroatoms. The van der Waals surface area contributed by atoms with E-state index in [-0.39, 0.29) is 30.0 Å². The number of rotatable bonds is 6. The Kier molecular flexibility index (Phi) is 7.09. The molecule has 1 heterocycles. The number of halogens is 4. The van der Waals surface area contributed by atoms with E-state index in [1.54, 1.807) is 0 Å². The number of anilines is 2. The number of para-hydroxylation sites is 1. The number of carbonyl (C=O) groups excluding carboxylic acids is 1. The van der Waals surface area contributed by atoms with Crippen LogP contribution in [0.15, 0.2) is 42.5 Å². The first-order valence-corrected chi connectivity index (χ1v) is 11.5. The maximum Gasteiger partial charge on any atom is 0.419 e. The van der Waals surface area contributed by atoms with Gasteiger partial charge in [0.2, 0.25) is 11.9 Å². The highest BCUT2D eigenvalue weighted by molar-refractivity contribution is 5.90. The predicted molar refractivity (Wildman–Crippen MR) is 126 cm³/mol. The van der Waals surface area contributed by atoms with E-state index in [2.05, 4.69) is 20.6 Å². The van der Waals surface area contributed by atoms with E-state index in [0.717, 1.165) is 41.7 Å². The lowest BCUT2D eigenvalue weighted by atomic mass is 9.85. The summed E-state index contributed by atoms with van der Waals surface area (Å²) in [6.45, 7) is -0.0847. The van der Waals surface area contributed by atoms with Crippen molar-refractivity contribution in [2.75, 3.05) is 24.3 Å². The summed E-state index contributed by atoms with van der Waals surface area (Å²) < 4.78 is 52.2. The molecular weight excluding hydrogens is 462 g/mol. The minimum Gasteiger partial charge on any atom is -0.362 e. The van der Waals surface area contributed by atoms with Crippen molar-refractivity contribution in [1.82, 2.24) is 15.3 Å². The molecule has 1 aromatic heterocycles. The largest absolute Gasteiger partial charge is 0.419 e. The van der Waals surface area contributed by atoms with Gasteiger partial charge in [-0.05, 0) is 55.5 Å². The van der Waals surface area contributed by atoms with E-state index < -0.39 is 17.6 Å². The van der Waals surface area contributed by atoms with Gasteiger partial charge in [-0.15, -0.1) is 0 Å². The number of alkyl halides is 3. The lowest BCUT2D eigenvalue weighted by Gasteiger charge is -2.28. The maximum atomic E-state index is 13.5. The van der Waals surface area contributed by atoms with Gasteiger partial charge in [-0.3, -0.25) is 4.79 Å². The van der Waals surface area contributed by atoms with Crippen LogP contribution in [0.1, 0.15) is 36.8 Å². The van der Waals surface area contributed by atoms with Gasteiger partial charge in [-0.2, -0.15) is 18.2 Å². The normalized spacial score (nSPS) is 18.3. The van der Waals surface area contributed by atoms with Crippen LogP contribution in [0.25, 0.3) is 10.9 Å². The molecule has 35 heavy (non-hydrogen) atoms. The number of carbonyl (C=O) groups is 1. The summed E-state index contributed by atoms with van der Waals surface area (Å²) in [5.41, 5.74) is -0.284. The van der Waals surface area contributed by atoms with Crippen LogP contribution in [-0.4, -0.2) is 36.0 Å². The van der Waals surface area contributed by atoms with E-state index in [1.807, 2.05) is 43.3 Å². The van der Waals surface area contributed by atoms with E-state index in [4.69, 9.17) is 0 Å². The van der Waals surface area contributed by atoms with Crippen LogP contribution in [0.5, 0.6) is 0 Å². The van der Waals surface area contributed by atoms with Crippen LogP contribution >= 0.6 is 0 Å². The third-order valence-electron chi connectivity index (χ3n) is 6.24. The Bertz CT molecular complexity index is 1210. The number of nitrogens with zero attached hydrogens (tertiary/aromatic N) is 3. The third-order valence-corrected chi connectivity index (χ3v) is 6.24. The molecule has 1 amide bonds. The van der Waals surface area contributed by atoms with Gasteiger partial charge in [0.25, 0.3) is 0 Å². The number of aromatic nitrogens is 2. The number of fused-ring (bicyclic) bond motifs is 1. The summed E-state index contributed by atoms with van der Waals surface area (Å²) in [5.74, 6) is -0.409. The van der Waals surface area contributed by atoms with Crippen molar-refractivity contribution in [2.45, 2.75) is 44.4 Å². The van der Waals surface area contributed by atoms with Crippen LogP contribution in [0.2, 0.25) is 0 Å². The smallest absolute Gasteiger partial charge is 0.362 e. The van der Waals surface area contributed by atoms with Gasteiger partial charge < -0.3 is 15.5 Å². The second-order valence-electron chi connectivity index (χ2n) is 9.01. The van der Waals surface area contributed by atoms with Gasteiger partial charge in [0.05, 0.1) is 11.1 Å². The van der Waals surface area contributed by atoms with E-state index in [0.29, 0.717) is 18.8 Å². The second kappa shape index (κ2) is 10.1. The van der Waals surface area contributed by atoms with Crippen molar-refractivity contribution in [1.29, 1.82) is 0 Å². The van der Waals surface area contributed by atoms with E-state index >= 15 is 0 Å². The van der Waals surface area contributed by atoms with Crippen LogP contribution in [0, 0.1) is 11.7 Å². The molecule has 0 aliphatic heterocycles. The third kappa shape index (κ3) is 5.80. The van der Waals surface area contributed by atoms with Gasteiger partial charge in [-0.1, -0.05) is 18.2 Å². The number of amides is 1. The molecular formula is C25H27F4N5O. The zero-order valence-electron chi connectivity index (χ0n) is 19.5. The Morgan fingerprint density at radius 3 is 2.46 bits per heavy atom. The fraction of sp³-hybridized carbons (Fsp3) is 0.400.